The van der Waals surface area contributed by atoms with Gasteiger partial charge in [-0.2, -0.15) is 0 Å². The Morgan fingerprint density at radius 2 is 2.50 bits per heavy atom. The summed E-state index contributed by atoms with van der Waals surface area (Å²) in [5, 5.41) is 6.15. The lowest BCUT2D eigenvalue weighted by atomic mass is 10.1. The van der Waals surface area contributed by atoms with Crippen molar-refractivity contribution in [2.24, 2.45) is 0 Å². The van der Waals surface area contributed by atoms with Gasteiger partial charge < -0.3 is 15.4 Å². The molecule has 5 heteroatoms. The van der Waals surface area contributed by atoms with Crippen LogP contribution in [-0.2, 0) is 9.53 Å². The maximum atomic E-state index is 12.0. The lowest BCUT2D eigenvalue weighted by molar-refractivity contribution is -0.123. The van der Waals surface area contributed by atoms with E-state index in [-0.39, 0.29) is 24.1 Å². The Bertz CT molecular complexity index is 396. The zero-order valence-electron chi connectivity index (χ0n) is 10.7. The molecule has 1 aromatic rings. The van der Waals surface area contributed by atoms with Gasteiger partial charge in [0.05, 0.1) is 18.2 Å². The van der Waals surface area contributed by atoms with E-state index in [1.54, 1.807) is 19.5 Å². The van der Waals surface area contributed by atoms with Crippen LogP contribution in [0.5, 0.6) is 0 Å². The maximum Gasteiger partial charge on any atom is 0.237 e. The number of hydrogen-bond acceptors (Lipinski definition) is 4. The molecule has 1 aliphatic heterocycles. The molecule has 0 bridgehead atoms. The van der Waals surface area contributed by atoms with Gasteiger partial charge in [0.2, 0.25) is 5.91 Å². The van der Waals surface area contributed by atoms with Crippen LogP contribution in [0.15, 0.2) is 24.5 Å². The van der Waals surface area contributed by atoms with Gasteiger partial charge >= 0.3 is 0 Å². The van der Waals surface area contributed by atoms with Crippen molar-refractivity contribution >= 4 is 5.91 Å². The molecule has 0 saturated carbocycles. The van der Waals surface area contributed by atoms with E-state index in [0.29, 0.717) is 0 Å². The highest BCUT2D eigenvalue weighted by Crippen LogP contribution is 2.13. The van der Waals surface area contributed by atoms with Crippen LogP contribution in [0.3, 0.4) is 0 Å². The van der Waals surface area contributed by atoms with E-state index < -0.39 is 0 Å². The highest BCUT2D eigenvalue weighted by molar-refractivity contribution is 5.82. The summed E-state index contributed by atoms with van der Waals surface area (Å²) in [4.78, 5) is 16.1. The summed E-state index contributed by atoms with van der Waals surface area (Å²) in [6.45, 7) is 2.69. The fourth-order valence-corrected chi connectivity index (χ4v) is 2.11. The van der Waals surface area contributed by atoms with Crippen molar-refractivity contribution in [1.29, 1.82) is 0 Å². The average molecular weight is 249 g/mol. The zero-order chi connectivity index (χ0) is 13.0. The molecule has 2 N–H and O–H groups in total. The first-order valence-electron chi connectivity index (χ1n) is 6.17. The fourth-order valence-electron chi connectivity index (χ4n) is 2.11. The lowest BCUT2D eigenvalue weighted by Crippen LogP contribution is -2.41. The number of methoxy groups -OCH3 is 1. The third-order valence-corrected chi connectivity index (χ3v) is 3.28. The number of amides is 1. The number of nitrogens with zero attached hydrogens (tertiary/aromatic N) is 1. The van der Waals surface area contributed by atoms with Crippen LogP contribution < -0.4 is 10.6 Å². The highest BCUT2D eigenvalue weighted by atomic mass is 16.5. The van der Waals surface area contributed by atoms with Crippen LogP contribution in [0.2, 0.25) is 0 Å². The highest BCUT2D eigenvalue weighted by Gasteiger charge is 2.29. The maximum absolute atomic E-state index is 12.0. The molecular formula is C13H19N3O2. The molecule has 0 radical (unpaired) electrons. The Hall–Kier alpha value is -1.46. The van der Waals surface area contributed by atoms with Crippen LogP contribution in [0, 0.1) is 0 Å². The van der Waals surface area contributed by atoms with Crippen molar-refractivity contribution < 1.29 is 9.53 Å². The molecule has 98 valence electrons. The number of ether oxygens (including phenoxy) is 1. The third-order valence-electron chi connectivity index (χ3n) is 3.28. The Balaban J connectivity index is 1.88. The van der Waals surface area contributed by atoms with E-state index in [0.717, 1.165) is 18.5 Å². The summed E-state index contributed by atoms with van der Waals surface area (Å²) in [5.74, 6) is 0.0194. The number of rotatable bonds is 4. The van der Waals surface area contributed by atoms with Crippen LogP contribution in [0.25, 0.3) is 0 Å². The molecule has 1 fully saturated rings. The van der Waals surface area contributed by atoms with E-state index in [1.807, 2.05) is 19.1 Å². The number of carbonyl (C=O) groups excluding carboxylic acids is 1. The van der Waals surface area contributed by atoms with Crippen molar-refractivity contribution in [2.75, 3.05) is 13.7 Å². The van der Waals surface area contributed by atoms with Gasteiger partial charge in [-0.1, -0.05) is 6.07 Å². The average Bonchev–Trinajstić information content (AvgIpc) is 2.88. The molecule has 3 atom stereocenters. The first kappa shape index (κ1) is 13.0. The molecule has 0 aromatic carbocycles. The van der Waals surface area contributed by atoms with Gasteiger partial charge in [0.25, 0.3) is 0 Å². The zero-order valence-corrected chi connectivity index (χ0v) is 10.7. The minimum atomic E-state index is -0.158. The predicted octanol–water partition coefficient (Wildman–Crippen LogP) is 0.636. The first-order chi connectivity index (χ1) is 8.70. The number of carbonyl (C=O) groups is 1. The van der Waals surface area contributed by atoms with E-state index in [2.05, 4.69) is 15.6 Å². The topological polar surface area (TPSA) is 63.2 Å². The number of aromatic nitrogens is 1. The molecule has 18 heavy (non-hydrogen) atoms. The summed E-state index contributed by atoms with van der Waals surface area (Å²) in [5.41, 5.74) is 1.01. The van der Waals surface area contributed by atoms with Gasteiger partial charge in [-0.05, 0) is 25.0 Å². The van der Waals surface area contributed by atoms with Crippen LogP contribution in [0.4, 0.5) is 0 Å². The molecule has 5 nitrogen and oxygen atoms in total. The quantitative estimate of drug-likeness (QED) is 0.822. The molecule has 2 heterocycles. The van der Waals surface area contributed by atoms with E-state index in [4.69, 9.17) is 4.74 Å². The molecule has 2 rings (SSSR count). The number of nitrogens with one attached hydrogen (secondary N) is 2. The monoisotopic (exact) mass is 249 g/mol. The smallest absolute Gasteiger partial charge is 0.237 e. The van der Waals surface area contributed by atoms with Crippen LogP contribution in [-0.4, -0.2) is 36.7 Å². The summed E-state index contributed by atoms with van der Waals surface area (Å²) in [7, 11) is 1.67. The van der Waals surface area contributed by atoms with Crippen molar-refractivity contribution in [2.45, 2.75) is 31.5 Å². The van der Waals surface area contributed by atoms with Crippen LogP contribution >= 0.6 is 0 Å². The normalized spacial score (nSPS) is 24.8. The Morgan fingerprint density at radius 3 is 3.11 bits per heavy atom. The Kier molecular flexibility index (Phi) is 4.28. The van der Waals surface area contributed by atoms with Gasteiger partial charge in [0, 0.05) is 26.0 Å². The first-order valence-corrected chi connectivity index (χ1v) is 6.17. The summed E-state index contributed by atoms with van der Waals surface area (Å²) in [6.07, 6.45) is 4.35. The van der Waals surface area contributed by atoms with E-state index >= 15 is 0 Å². The second-order valence-electron chi connectivity index (χ2n) is 4.57. The minimum absolute atomic E-state index is 0.0194. The molecule has 1 aliphatic rings. The molecule has 1 aromatic heterocycles. The largest absolute Gasteiger partial charge is 0.380 e. The molecular weight excluding hydrogens is 230 g/mol. The fraction of sp³-hybridized carbons (Fsp3) is 0.538. The van der Waals surface area contributed by atoms with Gasteiger partial charge in [-0.15, -0.1) is 0 Å². The van der Waals surface area contributed by atoms with Gasteiger partial charge in [0.1, 0.15) is 0 Å². The van der Waals surface area contributed by atoms with Gasteiger partial charge in [-0.25, -0.2) is 0 Å². The third kappa shape index (κ3) is 3.05. The van der Waals surface area contributed by atoms with Gasteiger partial charge in [-0.3, -0.25) is 9.78 Å². The van der Waals surface area contributed by atoms with E-state index in [1.165, 1.54) is 0 Å². The van der Waals surface area contributed by atoms with E-state index in [9.17, 15) is 4.79 Å². The summed E-state index contributed by atoms with van der Waals surface area (Å²) in [6, 6.07) is 3.63. The summed E-state index contributed by atoms with van der Waals surface area (Å²) < 4.78 is 5.23. The Morgan fingerprint density at radius 1 is 1.67 bits per heavy atom. The number of pyridine rings is 1. The molecule has 1 saturated heterocycles. The standard InChI is InChI=1S/C13H19N3O2/c1-9(10-4-3-5-14-7-10)16-13(17)12-6-11(18-2)8-15-12/h3-5,7,9,11-12,15H,6,8H2,1-2H3,(H,16,17)/t9-,11?,12?/m1/s1. The van der Waals surface area contributed by atoms with Crippen molar-refractivity contribution in [3.05, 3.63) is 30.1 Å². The molecule has 0 spiro atoms. The second kappa shape index (κ2) is 5.93. The lowest BCUT2D eigenvalue weighted by Gasteiger charge is -2.17. The molecule has 1 amide bonds. The Labute approximate surface area is 107 Å². The summed E-state index contributed by atoms with van der Waals surface area (Å²) >= 11 is 0. The van der Waals surface area contributed by atoms with Crippen LogP contribution in [0.1, 0.15) is 24.9 Å². The van der Waals surface area contributed by atoms with Crippen molar-refractivity contribution in [1.82, 2.24) is 15.6 Å². The number of hydrogen-bond donors (Lipinski definition) is 2. The van der Waals surface area contributed by atoms with Gasteiger partial charge in [0.15, 0.2) is 0 Å². The molecule has 0 aliphatic carbocycles. The SMILES string of the molecule is COC1CNC(C(=O)N[C@H](C)c2cccnc2)C1. The minimum Gasteiger partial charge on any atom is -0.380 e. The molecule has 2 unspecified atom stereocenters. The van der Waals surface area contributed by atoms with Crippen molar-refractivity contribution in [3.63, 3.8) is 0 Å². The predicted molar refractivity (Wildman–Crippen MR) is 68.0 cm³/mol. The van der Waals surface area contributed by atoms with Crippen molar-refractivity contribution in [3.8, 4) is 0 Å². The second-order valence-corrected chi connectivity index (χ2v) is 4.57.